The van der Waals surface area contributed by atoms with Gasteiger partial charge in [-0.1, -0.05) is 18.2 Å². The number of aliphatic imine (C=N–C) groups is 1. The van der Waals surface area contributed by atoms with Gasteiger partial charge in [0, 0.05) is 45.8 Å². The normalized spacial score (nSPS) is 15.2. The molecule has 0 unspecified atom stereocenters. The second-order valence-corrected chi connectivity index (χ2v) is 6.42. The highest BCUT2D eigenvalue weighted by atomic mass is 16.2. The highest BCUT2D eigenvalue weighted by molar-refractivity contribution is 5.93. The van der Waals surface area contributed by atoms with E-state index in [0.29, 0.717) is 13.0 Å². The van der Waals surface area contributed by atoms with Gasteiger partial charge in [-0.3, -0.25) is 9.79 Å². The number of anilines is 1. The van der Waals surface area contributed by atoms with Crippen LogP contribution < -0.4 is 10.2 Å². The van der Waals surface area contributed by atoms with Gasteiger partial charge in [-0.05, 0) is 43.4 Å². The second-order valence-electron chi connectivity index (χ2n) is 6.42. The van der Waals surface area contributed by atoms with Crippen molar-refractivity contribution in [3.8, 4) is 0 Å². The Kier molecular flexibility index (Phi) is 7.51. The van der Waals surface area contributed by atoms with Crippen LogP contribution in [0.4, 0.5) is 5.69 Å². The predicted octanol–water partition coefficient (Wildman–Crippen LogP) is 3.18. The van der Waals surface area contributed by atoms with E-state index in [1.165, 1.54) is 5.56 Å². The zero-order valence-corrected chi connectivity index (χ0v) is 15.5. The molecule has 0 spiro atoms. The van der Waals surface area contributed by atoms with E-state index in [4.69, 9.17) is 0 Å². The van der Waals surface area contributed by atoms with Crippen molar-refractivity contribution in [3.05, 3.63) is 42.5 Å². The van der Waals surface area contributed by atoms with Gasteiger partial charge in [0.25, 0.3) is 0 Å². The van der Waals surface area contributed by atoms with Gasteiger partial charge >= 0.3 is 0 Å². The zero-order chi connectivity index (χ0) is 18.1. The minimum atomic E-state index is 0.235. The summed E-state index contributed by atoms with van der Waals surface area (Å²) < 4.78 is 0. The van der Waals surface area contributed by atoms with E-state index in [9.17, 15) is 4.79 Å². The predicted molar refractivity (Wildman–Crippen MR) is 105 cm³/mol. The van der Waals surface area contributed by atoms with E-state index in [0.717, 1.165) is 50.4 Å². The number of guanidine groups is 1. The third-order valence-electron chi connectivity index (χ3n) is 4.50. The molecule has 0 aromatic heterocycles. The Hall–Kier alpha value is -2.30. The van der Waals surface area contributed by atoms with Crippen molar-refractivity contribution in [2.24, 2.45) is 4.99 Å². The van der Waals surface area contributed by atoms with Crippen LogP contribution >= 0.6 is 0 Å². The molecule has 1 aromatic rings. The fourth-order valence-corrected chi connectivity index (χ4v) is 3.02. The number of carbonyl (C=O) groups excluding carboxylic acids is 1. The molecule has 1 aliphatic rings. The Bertz CT molecular complexity index is 594. The lowest BCUT2D eigenvalue weighted by Gasteiger charge is -2.27. The first-order valence-electron chi connectivity index (χ1n) is 9.07. The number of rotatable bonds is 7. The van der Waals surface area contributed by atoms with Crippen molar-refractivity contribution in [1.82, 2.24) is 10.2 Å². The molecule has 0 saturated carbocycles. The van der Waals surface area contributed by atoms with E-state index in [2.05, 4.69) is 33.9 Å². The van der Waals surface area contributed by atoms with Crippen LogP contribution in [0, 0.1) is 0 Å². The Morgan fingerprint density at radius 1 is 1.36 bits per heavy atom. The largest absolute Gasteiger partial charge is 0.352 e. The third-order valence-corrected chi connectivity index (χ3v) is 4.50. The molecule has 5 nitrogen and oxygen atoms in total. The molecule has 1 saturated heterocycles. The Balaban J connectivity index is 1.87. The van der Waals surface area contributed by atoms with Crippen LogP contribution in [0.2, 0.25) is 0 Å². The van der Waals surface area contributed by atoms with Crippen molar-refractivity contribution >= 4 is 17.6 Å². The fourth-order valence-electron chi connectivity index (χ4n) is 3.02. The van der Waals surface area contributed by atoms with Gasteiger partial charge in [-0.2, -0.15) is 0 Å². The first-order valence-corrected chi connectivity index (χ1v) is 9.07. The molecule has 1 heterocycles. The van der Waals surface area contributed by atoms with Crippen LogP contribution in [0.15, 0.2) is 41.9 Å². The maximum Gasteiger partial charge on any atom is 0.226 e. The average Bonchev–Trinajstić information content (AvgIpc) is 2.63. The number of piperidine rings is 1. The summed E-state index contributed by atoms with van der Waals surface area (Å²) in [7, 11) is 3.85. The number of amides is 1. The van der Waals surface area contributed by atoms with E-state index >= 15 is 0 Å². The average molecular weight is 342 g/mol. The molecule has 1 N–H and O–H groups in total. The van der Waals surface area contributed by atoms with E-state index in [-0.39, 0.29) is 5.91 Å². The summed E-state index contributed by atoms with van der Waals surface area (Å²) in [6.45, 7) is 6.25. The Morgan fingerprint density at radius 2 is 2.12 bits per heavy atom. The summed E-state index contributed by atoms with van der Waals surface area (Å²) >= 11 is 0. The van der Waals surface area contributed by atoms with Crippen LogP contribution in [0.5, 0.6) is 0 Å². The van der Waals surface area contributed by atoms with Crippen molar-refractivity contribution in [2.75, 3.05) is 32.1 Å². The summed E-state index contributed by atoms with van der Waals surface area (Å²) in [6.07, 6.45) is 6.79. The summed E-state index contributed by atoms with van der Waals surface area (Å²) in [5.41, 5.74) is 2.17. The number of hydrogen-bond acceptors (Lipinski definition) is 2. The van der Waals surface area contributed by atoms with Gasteiger partial charge in [-0.15, -0.1) is 6.58 Å². The van der Waals surface area contributed by atoms with Crippen LogP contribution in [0.3, 0.4) is 0 Å². The number of nitrogens with zero attached hydrogens (tertiary/aromatic N) is 3. The number of hydrogen-bond donors (Lipinski definition) is 1. The van der Waals surface area contributed by atoms with Crippen molar-refractivity contribution in [2.45, 2.75) is 38.6 Å². The summed E-state index contributed by atoms with van der Waals surface area (Å²) in [5, 5.41) is 3.39. The van der Waals surface area contributed by atoms with Crippen LogP contribution in [0.1, 0.15) is 37.7 Å². The highest BCUT2D eigenvalue weighted by Crippen LogP contribution is 2.21. The van der Waals surface area contributed by atoms with Crippen LogP contribution in [0.25, 0.3) is 0 Å². The van der Waals surface area contributed by atoms with Gasteiger partial charge in [0.15, 0.2) is 5.96 Å². The minimum absolute atomic E-state index is 0.235. The fraction of sp³-hybridized carbons (Fsp3) is 0.500. The van der Waals surface area contributed by atoms with Crippen LogP contribution in [-0.4, -0.2) is 44.0 Å². The number of carbonyl (C=O) groups is 1. The lowest BCUT2D eigenvalue weighted by atomic mass is 10.1. The van der Waals surface area contributed by atoms with Gasteiger partial charge in [-0.25, -0.2) is 0 Å². The Labute approximate surface area is 151 Å². The molecule has 0 aliphatic carbocycles. The van der Waals surface area contributed by atoms with Gasteiger partial charge in [0.05, 0.1) is 0 Å². The monoisotopic (exact) mass is 342 g/mol. The van der Waals surface area contributed by atoms with Crippen molar-refractivity contribution in [3.63, 3.8) is 0 Å². The number of benzene rings is 1. The molecular formula is C20H30N4O. The third kappa shape index (κ3) is 5.62. The lowest BCUT2D eigenvalue weighted by Crippen LogP contribution is -2.39. The molecule has 1 amide bonds. The molecule has 0 bridgehead atoms. The van der Waals surface area contributed by atoms with Crippen molar-refractivity contribution < 1.29 is 4.79 Å². The van der Waals surface area contributed by atoms with E-state index in [1.54, 1.807) is 7.05 Å². The first-order chi connectivity index (χ1) is 12.2. The zero-order valence-electron chi connectivity index (χ0n) is 15.5. The quantitative estimate of drug-likeness (QED) is 0.358. The second kappa shape index (κ2) is 9.87. The minimum Gasteiger partial charge on any atom is -0.352 e. The highest BCUT2D eigenvalue weighted by Gasteiger charge is 2.19. The van der Waals surface area contributed by atoms with Gasteiger partial charge in [0.1, 0.15) is 0 Å². The van der Waals surface area contributed by atoms with Crippen molar-refractivity contribution in [1.29, 1.82) is 0 Å². The molecule has 5 heteroatoms. The molecule has 0 radical (unpaired) electrons. The van der Waals surface area contributed by atoms with E-state index < -0.39 is 0 Å². The van der Waals surface area contributed by atoms with Crippen LogP contribution in [-0.2, 0) is 11.3 Å². The molecule has 25 heavy (non-hydrogen) atoms. The first kappa shape index (κ1) is 19.0. The topological polar surface area (TPSA) is 47.9 Å². The summed E-state index contributed by atoms with van der Waals surface area (Å²) in [5.74, 6) is 1.12. The number of unbranched alkanes of at least 4 members (excludes halogenated alkanes) is 1. The molecule has 1 aromatic carbocycles. The van der Waals surface area contributed by atoms with Gasteiger partial charge < -0.3 is 15.1 Å². The van der Waals surface area contributed by atoms with Gasteiger partial charge in [0.2, 0.25) is 5.91 Å². The van der Waals surface area contributed by atoms with E-state index in [1.807, 2.05) is 30.2 Å². The standard InChI is InChI=1S/C20H30N4O/c1-4-5-7-14-23(3)20(21-2)22-16-17-10-12-18(13-11-17)24-15-8-6-9-19(24)25/h4,10-13H,1,5-9,14-16H2,2-3H3,(H,21,22). The molecule has 136 valence electrons. The maximum atomic E-state index is 12.0. The molecule has 1 fully saturated rings. The molecule has 0 atom stereocenters. The maximum absolute atomic E-state index is 12.0. The lowest BCUT2D eigenvalue weighted by molar-refractivity contribution is -0.119. The SMILES string of the molecule is C=CCCCN(C)C(=NC)NCc1ccc(N2CCCCC2=O)cc1. The Morgan fingerprint density at radius 3 is 2.76 bits per heavy atom. The number of nitrogens with one attached hydrogen (secondary N) is 1. The molecular weight excluding hydrogens is 312 g/mol. The molecule has 1 aliphatic heterocycles. The summed E-state index contributed by atoms with van der Waals surface area (Å²) in [6, 6.07) is 8.23. The summed E-state index contributed by atoms with van der Waals surface area (Å²) in [4.78, 5) is 20.4. The number of allylic oxidation sites excluding steroid dienone is 1. The smallest absolute Gasteiger partial charge is 0.226 e. The molecule has 2 rings (SSSR count).